The molecule has 1 fully saturated rings. The van der Waals surface area contributed by atoms with E-state index in [1.54, 1.807) is 0 Å². The van der Waals surface area contributed by atoms with Crippen molar-refractivity contribution in [1.82, 2.24) is 9.80 Å². The van der Waals surface area contributed by atoms with Crippen LogP contribution in [0.25, 0.3) is 0 Å². The van der Waals surface area contributed by atoms with Crippen molar-refractivity contribution in [3.63, 3.8) is 0 Å². The van der Waals surface area contributed by atoms with E-state index in [1.807, 2.05) is 0 Å². The molecule has 0 N–H and O–H groups in total. The van der Waals surface area contributed by atoms with Crippen LogP contribution in [0.4, 0.5) is 0 Å². The van der Waals surface area contributed by atoms with Crippen molar-refractivity contribution < 1.29 is 4.74 Å². The Morgan fingerprint density at radius 2 is 1.26 bits per heavy atom. The number of benzene rings is 3. The van der Waals surface area contributed by atoms with Gasteiger partial charge in [0.2, 0.25) is 0 Å². The third-order valence-corrected chi connectivity index (χ3v) is 5.91. The molecule has 0 aromatic heterocycles. The molecule has 3 heteroatoms. The van der Waals surface area contributed by atoms with Gasteiger partial charge in [-0.1, -0.05) is 97.1 Å². The van der Waals surface area contributed by atoms with Crippen LogP contribution in [-0.4, -0.2) is 42.2 Å². The van der Waals surface area contributed by atoms with Crippen molar-refractivity contribution in [2.45, 2.75) is 25.7 Å². The van der Waals surface area contributed by atoms with Gasteiger partial charge >= 0.3 is 0 Å². The van der Waals surface area contributed by atoms with Gasteiger partial charge in [0, 0.05) is 26.2 Å². The first-order valence-electron chi connectivity index (χ1n) is 11.2. The first-order chi connectivity index (χ1) is 15.3. The lowest BCUT2D eigenvalue weighted by molar-refractivity contribution is -0.0876. The summed E-state index contributed by atoms with van der Waals surface area (Å²) in [4.78, 5) is 4.86. The highest BCUT2D eigenvalue weighted by atomic mass is 16.5. The predicted octanol–water partition coefficient (Wildman–Crippen LogP) is 5.51. The number of rotatable bonds is 8. The summed E-state index contributed by atoms with van der Waals surface area (Å²) in [6.07, 6.45) is 5.51. The Bertz CT molecular complexity index is 880. The largest absolute Gasteiger partial charge is 0.375 e. The summed E-state index contributed by atoms with van der Waals surface area (Å²) in [7, 11) is 0. The number of allylic oxidation sites excluding steroid dienone is 1. The van der Waals surface area contributed by atoms with E-state index in [9.17, 15) is 0 Å². The first-order valence-corrected chi connectivity index (χ1v) is 11.2. The second-order valence-electron chi connectivity index (χ2n) is 8.08. The normalized spacial score (nSPS) is 16.1. The lowest BCUT2D eigenvalue weighted by Crippen LogP contribution is -2.48. The summed E-state index contributed by atoms with van der Waals surface area (Å²) in [5.74, 6) is 0. The Kier molecular flexibility index (Phi) is 7.54. The third kappa shape index (κ3) is 6.06. The molecule has 0 saturated carbocycles. The van der Waals surface area contributed by atoms with Crippen LogP contribution in [0.3, 0.4) is 0 Å². The van der Waals surface area contributed by atoms with Crippen LogP contribution >= 0.6 is 0 Å². The highest BCUT2D eigenvalue weighted by Crippen LogP contribution is 2.28. The van der Waals surface area contributed by atoms with E-state index in [2.05, 4.69) is 120 Å². The smallest absolute Gasteiger partial charge is 0.110 e. The predicted molar refractivity (Wildman–Crippen MR) is 128 cm³/mol. The summed E-state index contributed by atoms with van der Waals surface area (Å²) >= 11 is 0. The number of hydrogen-bond acceptors (Lipinski definition) is 3. The molecular weight excluding hydrogens is 380 g/mol. The molecule has 1 atom stereocenters. The number of ether oxygens (including phenoxy) is 1. The minimum Gasteiger partial charge on any atom is -0.375 e. The highest BCUT2D eigenvalue weighted by Gasteiger charge is 2.24. The van der Waals surface area contributed by atoms with E-state index in [4.69, 9.17) is 4.74 Å². The molecule has 1 aliphatic heterocycles. The molecule has 3 aromatic rings. The average Bonchev–Trinajstić information content (AvgIpc) is 2.84. The summed E-state index contributed by atoms with van der Waals surface area (Å²) in [6.45, 7) is 6.25. The summed E-state index contributed by atoms with van der Waals surface area (Å²) in [6, 6.07) is 31.7. The maximum absolute atomic E-state index is 6.63. The minimum atomic E-state index is -0.0544. The zero-order chi connectivity index (χ0) is 21.3. The van der Waals surface area contributed by atoms with Crippen LogP contribution in [0.2, 0.25) is 0 Å². The molecule has 1 unspecified atom stereocenters. The molecule has 0 aliphatic carbocycles. The summed E-state index contributed by atoms with van der Waals surface area (Å²) < 4.78 is 6.63. The zero-order valence-electron chi connectivity index (χ0n) is 18.3. The second kappa shape index (κ2) is 10.9. The monoisotopic (exact) mass is 412 g/mol. The van der Waals surface area contributed by atoms with Gasteiger partial charge in [-0.25, -0.2) is 0 Å². The molecule has 0 spiro atoms. The lowest BCUT2D eigenvalue weighted by atomic mass is 10.0. The molecule has 4 rings (SSSR count). The van der Waals surface area contributed by atoms with Gasteiger partial charge in [0.15, 0.2) is 0 Å². The molecule has 160 valence electrons. The van der Waals surface area contributed by atoms with E-state index in [-0.39, 0.29) is 12.3 Å². The fraction of sp³-hybridized carbons (Fsp3) is 0.286. The van der Waals surface area contributed by atoms with Crippen LogP contribution in [0.1, 0.15) is 29.7 Å². The fourth-order valence-electron chi connectivity index (χ4n) is 4.09. The second-order valence-corrected chi connectivity index (χ2v) is 8.08. The van der Waals surface area contributed by atoms with E-state index >= 15 is 0 Å². The molecule has 1 aliphatic rings. The maximum Gasteiger partial charge on any atom is 0.110 e. The van der Waals surface area contributed by atoms with Gasteiger partial charge in [0.25, 0.3) is 0 Å². The highest BCUT2D eigenvalue weighted by molar-refractivity contribution is 5.30. The molecule has 0 bridgehead atoms. The molecule has 0 radical (unpaired) electrons. The minimum absolute atomic E-state index is 0.0544. The van der Waals surface area contributed by atoms with Crippen LogP contribution in [-0.2, 0) is 11.2 Å². The van der Waals surface area contributed by atoms with Crippen LogP contribution < -0.4 is 0 Å². The quantitative estimate of drug-likeness (QED) is 0.485. The van der Waals surface area contributed by atoms with Gasteiger partial charge in [-0.05, 0) is 36.2 Å². The van der Waals surface area contributed by atoms with E-state index in [0.717, 1.165) is 32.6 Å². The molecule has 3 nitrogen and oxygen atoms in total. The topological polar surface area (TPSA) is 15.7 Å². The Balaban J connectivity index is 1.32. The zero-order valence-corrected chi connectivity index (χ0v) is 18.3. The SMILES string of the molecule is CC(OC(c1ccccc1)c1ccccc1)N1CCN(C=CCc2ccccc2)CC1. The van der Waals surface area contributed by atoms with Crippen molar-refractivity contribution in [1.29, 1.82) is 0 Å². The lowest BCUT2D eigenvalue weighted by Gasteiger charge is -2.38. The first kappa shape index (κ1) is 21.4. The van der Waals surface area contributed by atoms with Crippen LogP contribution in [0, 0.1) is 0 Å². The fourth-order valence-corrected chi connectivity index (χ4v) is 4.09. The van der Waals surface area contributed by atoms with Gasteiger partial charge in [0.1, 0.15) is 12.3 Å². The number of piperazine rings is 1. The van der Waals surface area contributed by atoms with Gasteiger partial charge in [-0.15, -0.1) is 0 Å². The molecule has 31 heavy (non-hydrogen) atoms. The van der Waals surface area contributed by atoms with Crippen molar-refractivity contribution >= 4 is 0 Å². The Morgan fingerprint density at radius 3 is 1.81 bits per heavy atom. The molecule has 3 aromatic carbocycles. The van der Waals surface area contributed by atoms with Crippen molar-refractivity contribution in [3.8, 4) is 0 Å². The van der Waals surface area contributed by atoms with Gasteiger partial charge in [-0.2, -0.15) is 0 Å². The Morgan fingerprint density at radius 1 is 0.742 bits per heavy atom. The van der Waals surface area contributed by atoms with Crippen molar-refractivity contribution in [2.75, 3.05) is 26.2 Å². The molecular formula is C28H32N2O. The molecule has 0 amide bonds. The Hall–Kier alpha value is -2.88. The third-order valence-electron chi connectivity index (χ3n) is 5.91. The van der Waals surface area contributed by atoms with Crippen molar-refractivity contribution in [2.24, 2.45) is 0 Å². The Labute approximate surface area is 186 Å². The van der Waals surface area contributed by atoms with Crippen LogP contribution in [0.15, 0.2) is 103 Å². The molecule has 1 heterocycles. The summed E-state index contributed by atoms with van der Waals surface area (Å²) in [5, 5.41) is 0. The van der Waals surface area contributed by atoms with Gasteiger partial charge in [0.05, 0.1) is 0 Å². The standard InChI is InChI=1S/C28H32N2O/c1-24(31-28(26-15-7-3-8-16-26)27-17-9-4-10-18-27)30-22-20-29(21-23-30)19-11-14-25-12-5-2-6-13-25/h2-13,15-19,24,28H,14,20-23H2,1H3. The maximum atomic E-state index is 6.63. The molecule has 1 saturated heterocycles. The number of nitrogens with zero attached hydrogens (tertiary/aromatic N) is 2. The van der Waals surface area contributed by atoms with Crippen LogP contribution in [0.5, 0.6) is 0 Å². The summed E-state index contributed by atoms with van der Waals surface area (Å²) in [5.41, 5.74) is 3.75. The van der Waals surface area contributed by atoms with Gasteiger partial charge in [-0.3, -0.25) is 4.90 Å². The average molecular weight is 413 g/mol. The van der Waals surface area contributed by atoms with E-state index in [0.29, 0.717) is 0 Å². The van der Waals surface area contributed by atoms with E-state index < -0.39 is 0 Å². The van der Waals surface area contributed by atoms with Gasteiger partial charge < -0.3 is 9.64 Å². The number of hydrogen-bond donors (Lipinski definition) is 0. The van der Waals surface area contributed by atoms with Crippen molar-refractivity contribution in [3.05, 3.63) is 120 Å². The van der Waals surface area contributed by atoms with E-state index in [1.165, 1.54) is 16.7 Å².